The van der Waals surface area contributed by atoms with Crippen LogP contribution in [0.3, 0.4) is 0 Å². The molecule has 4 heteroatoms. The third-order valence-corrected chi connectivity index (χ3v) is 17.2. The first-order valence-electron chi connectivity index (χ1n) is 15.9. The topological polar surface area (TPSA) is 22.0 Å². The normalized spacial score (nSPS) is 16.8. The van der Waals surface area contributed by atoms with Crippen molar-refractivity contribution in [2.75, 3.05) is 0 Å². The molecule has 0 spiro atoms. The third kappa shape index (κ3) is 3.79. The summed E-state index contributed by atoms with van der Waals surface area (Å²) in [6.07, 6.45) is 0. The van der Waals surface area contributed by atoms with Crippen LogP contribution in [0.1, 0.15) is 0 Å². The van der Waals surface area contributed by atoms with Gasteiger partial charge in [0.05, 0.1) is 11.0 Å². The Balaban J connectivity index is 1.28. The smallest absolute Gasteiger partial charge is 0.171 e. The minimum atomic E-state index is -3.15. The minimum absolute atomic E-state index is 0.937. The van der Waals surface area contributed by atoms with Gasteiger partial charge < -0.3 is 9.13 Å². The van der Waals surface area contributed by atoms with E-state index in [0.717, 1.165) is 32.4 Å². The van der Waals surface area contributed by atoms with Gasteiger partial charge in [-0.05, 0) is 62.6 Å². The second-order valence-corrected chi connectivity index (χ2v) is 19.9. The summed E-state index contributed by atoms with van der Waals surface area (Å²) in [6.45, 7) is 4.83. The summed E-state index contributed by atoms with van der Waals surface area (Å²) in [5.41, 5.74) is 5.90. The lowest BCUT2D eigenvalue weighted by atomic mass is 10.0. The Morgan fingerprint density at radius 3 is 1.96 bits per heavy atom. The first kappa shape index (κ1) is 27.4. The number of benzene rings is 7. The largest absolute Gasteiger partial charge is 0.309 e. The summed E-state index contributed by atoms with van der Waals surface area (Å²) >= 11 is 0. The quantitative estimate of drug-likeness (QED) is 0.143. The molecule has 0 radical (unpaired) electrons. The van der Waals surface area contributed by atoms with E-state index in [1.54, 1.807) is 0 Å². The van der Waals surface area contributed by atoms with Gasteiger partial charge in [-0.25, -0.2) is 0 Å². The molecule has 7 aromatic carbocycles. The molecule has 0 saturated heterocycles. The molecular weight excluding hydrogens is 594 g/mol. The van der Waals surface area contributed by atoms with Crippen LogP contribution < -0.4 is 26.3 Å². The van der Waals surface area contributed by atoms with Crippen LogP contribution in [0.2, 0.25) is 13.1 Å². The Hall–Kier alpha value is -4.95. The maximum atomic E-state index is 15.9. The minimum Gasteiger partial charge on any atom is -0.309 e. The van der Waals surface area contributed by atoms with Crippen LogP contribution in [0.25, 0.3) is 49.4 Å². The van der Waals surface area contributed by atoms with Gasteiger partial charge >= 0.3 is 0 Å². The summed E-state index contributed by atoms with van der Waals surface area (Å²) in [4.78, 5) is 0. The average Bonchev–Trinajstić information content (AvgIpc) is 3.44. The van der Waals surface area contributed by atoms with Crippen LogP contribution in [0.4, 0.5) is 0 Å². The zero-order chi connectivity index (χ0) is 31.0. The fourth-order valence-electron chi connectivity index (χ4n) is 7.79. The number of rotatable bonds is 3. The zero-order valence-corrected chi connectivity index (χ0v) is 27.7. The molecule has 220 valence electrons. The van der Waals surface area contributed by atoms with Gasteiger partial charge in [-0.2, -0.15) is 0 Å². The van der Waals surface area contributed by atoms with Crippen LogP contribution in [-0.2, 0) is 4.57 Å². The van der Waals surface area contributed by atoms with Crippen LogP contribution in [-0.4, -0.2) is 12.6 Å². The predicted octanol–water partition coefficient (Wildman–Crippen LogP) is 8.38. The number of hydrogen-bond acceptors (Lipinski definition) is 1. The molecule has 0 N–H and O–H groups in total. The van der Waals surface area contributed by atoms with Crippen molar-refractivity contribution in [1.82, 2.24) is 4.57 Å². The number of aromatic nitrogens is 1. The van der Waals surface area contributed by atoms with Gasteiger partial charge in [0.1, 0.15) is 8.07 Å². The van der Waals surface area contributed by atoms with E-state index < -0.39 is 15.2 Å². The highest BCUT2D eigenvalue weighted by Gasteiger charge is 2.46. The van der Waals surface area contributed by atoms with Gasteiger partial charge in [0.25, 0.3) is 0 Å². The summed E-state index contributed by atoms with van der Waals surface area (Å²) < 4.78 is 18.3. The average molecular weight is 626 g/mol. The molecule has 2 heterocycles. The Morgan fingerprint density at radius 2 is 1.09 bits per heavy atom. The standard InChI is InChI=1S/C42H32NOPSi/c1-46(2)41-22-11-10-20-39(41)45(44,38-21-12-14-29-13-6-7-17-33(29)38)40-26-24-31(28-42(40)46)30-23-25-37-35(27-30)34-18-8-9-19-36(34)43(37)32-15-4-3-5-16-32/h3-28H,1-2H3. The van der Waals surface area contributed by atoms with E-state index in [1.165, 1.54) is 43.3 Å². The summed E-state index contributed by atoms with van der Waals surface area (Å²) in [5.74, 6) is 0. The Morgan fingerprint density at radius 1 is 0.478 bits per heavy atom. The number of hydrogen-bond donors (Lipinski definition) is 0. The first-order valence-corrected chi connectivity index (χ1v) is 20.6. The highest BCUT2D eigenvalue weighted by atomic mass is 31.2. The van der Waals surface area contributed by atoms with Gasteiger partial charge in [-0.1, -0.05) is 140 Å². The van der Waals surface area contributed by atoms with E-state index in [2.05, 4.69) is 175 Å². The molecule has 0 fully saturated rings. The fourth-order valence-corrected chi connectivity index (χ4v) is 16.2. The van der Waals surface area contributed by atoms with E-state index in [-0.39, 0.29) is 0 Å². The van der Waals surface area contributed by atoms with Crippen LogP contribution in [0.15, 0.2) is 158 Å². The molecule has 2 nitrogen and oxygen atoms in total. The molecule has 0 saturated carbocycles. The molecule has 0 bridgehead atoms. The van der Waals surface area contributed by atoms with Crippen molar-refractivity contribution in [3.8, 4) is 16.8 Å². The van der Waals surface area contributed by atoms with Gasteiger partial charge in [0, 0.05) is 32.4 Å². The first-order chi connectivity index (χ1) is 22.5. The van der Waals surface area contributed by atoms with E-state index in [9.17, 15) is 0 Å². The van der Waals surface area contributed by atoms with Crippen LogP contribution in [0, 0.1) is 0 Å². The highest BCUT2D eigenvalue weighted by molar-refractivity contribution is 7.87. The molecule has 1 aliphatic heterocycles. The van der Waals surface area contributed by atoms with Gasteiger partial charge in [0.2, 0.25) is 0 Å². The number of para-hydroxylation sites is 2. The van der Waals surface area contributed by atoms with Crippen LogP contribution in [0.5, 0.6) is 0 Å². The summed E-state index contributed by atoms with van der Waals surface area (Å²) in [7, 11) is -5.35. The lowest BCUT2D eigenvalue weighted by Crippen LogP contribution is -2.67. The molecule has 0 aliphatic carbocycles. The number of fused-ring (bicyclic) bond motifs is 6. The lowest BCUT2D eigenvalue weighted by Gasteiger charge is -2.39. The molecule has 46 heavy (non-hydrogen) atoms. The zero-order valence-electron chi connectivity index (χ0n) is 25.8. The van der Waals surface area contributed by atoms with Crippen molar-refractivity contribution < 1.29 is 4.57 Å². The molecule has 1 atom stereocenters. The molecule has 1 aromatic heterocycles. The molecule has 1 aliphatic rings. The second-order valence-electron chi connectivity index (χ2n) is 12.9. The maximum Gasteiger partial charge on any atom is 0.171 e. The summed E-state index contributed by atoms with van der Waals surface area (Å²) in [6, 6.07) is 56.0. The molecule has 1 unspecified atom stereocenters. The fraction of sp³-hybridized carbons (Fsp3) is 0.0476. The molecule has 0 amide bonds. The Labute approximate surface area is 270 Å². The maximum absolute atomic E-state index is 15.9. The highest BCUT2D eigenvalue weighted by Crippen LogP contribution is 2.46. The lowest BCUT2D eigenvalue weighted by molar-refractivity contribution is 0.592. The monoisotopic (exact) mass is 625 g/mol. The SMILES string of the molecule is C[Si]1(C)c2ccccc2P(=O)(c2cccc3ccccc23)c2ccc(-c3ccc4c(c3)c3ccccc3n4-c3ccccc3)cc21. The van der Waals surface area contributed by atoms with Gasteiger partial charge in [-0.3, -0.25) is 0 Å². The van der Waals surface area contributed by atoms with Crippen molar-refractivity contribution in [2.24, 2.45) is 0 Å². The van der Waals surface area contributed by atoms with Crippen molar-refractivity contribution in [2.45, 2.75) is 13.1 Å². The van der Waals surface area contributed by atoms with E-state index in [1.807, 2.05) is 0 Å². The van der Waals surface area contributed by atoms with E-state index >= 15 is 4.57 Å². The molecule has 8 aromatic rings. The third-order valence-electron chi connectivity index (χ3n) is 10.1. The Bertz CT molecular complexity index is 2540. The van der Waals surface area contributed by atoms with Crippen molar-refractivity contribution in [3.05, 3.63) is 158 Å². The Kier molecular flexibility index (Phi) is 5.96. The number of nitrogens with zero attached hydrogens (tertiary/aromatic N) is 1. The van der Waals surface area contributed by atoms with Crippen molar-refractivity contribution in [3.63, 3.8) is 0 Å². The van der Waals surface area contributed by atoms with E-state index in [4.69, 9.17) is 0 Å². The molecule has 9 rings (SSSR count). The predicted molar refractivity (Wildman–Crippen MR) is 200 cm³/mol. The van der Waals surface area contributed by atoms with Crippen molar-refractivity contribution >= 4 is 74.1 Å². The van der Waals surface area contributed by atoms with Gasteiger partial charge in [-0.15, -0.1) is 0 Å². The molecular formula is C42H32NOPSi. The van der Waals surface area contributed by atoms with Crippen molar-refractivity contribution in [1.29, 1.82) is 0 Å². The van der Waals surface area contributed by atoms with E-state index in [0.29, 0.717) is 0 Å². The second kappa shape index (κ2) is 10.0. The van der Waals surface area contributed by atoms with Gasteiger partial charge in [0.15, 0.2) is 7.14 Å². The van der Waals surface area contributed by atoms with Crippen LogP contribution >= 0.6 is 7.14 Å². The summed E-state index contributed by atoms with van der Waals surface area (Å²) in [5, 5.41) is 10.2.